The molecule has 0 heterocycles. The van der Waals surface area contributed by atoms with Crippen molar-refractivity contribution in [2.45, 2.75) is 104 Å². The molecule has 6 nitrogen and oxygen atoms in total. The molecule has 0 unspecified atom stereocenters. The second-order valence-electron chi connectivity index (χ2n) is 12.5. The number of aryl methyl sites for hydroxylation is 2. The lowest BCUT2D eigenvalue weighted by Gasteiger charge is -2.07. The molecule has 4 aromatic rings. The Hall–Kier alpha value is -4.32. The number of unbranched alkanes of at least 4 members (excludes halogenated alkanes) is 9. The highest BCUT2D eigenvalue weighted by Gasteiger charge is 2.00. The summed E-state index contributed by atoms with van der Waals surface area (Å²) < 4.78 is 11.9. The minimum atomic E-state index is 0.749. The van der Waals surface area contributed by atoms with Gasteiger partial charge < -0.3 is 9.47 Å². The maximum Gasteiger partial charge on any atom is 0.119 e. The first kappa shape index (κ1) is 36.5. The van der Waals surface area contributed by atoms with Crippen LogP contribution in [0.4, 0.5) is 22.7 Å². The number of hydrogen-bond acceptors (Lipinski definition) is 6. The Morgan fingerprint density at radius 1 is 0.354 bits per heavy atom. The SMILES string of the molecule is CCCCc1ccc(N=Nc2ccc(OCCCCCCCCCCOc3ccc(N=Nc4ccc(CCCC)cc4)cc3)cc2)cc1. The smallest absolute Gasteiger partial charge is 0.119 e. The molecule has 0 N–H and O–H groups in total. The summed E-state index contributed by atoms with van der Waals surface area (Å²) in [5, 5.41) is 17.5. The Morgan fingerprint density at radius 2 is 0.646 bits per heavy atom. The van der Waals surface area contributed by atoms with Gasteiger partial charge >= 0.3 is 0 Å². The average Bonchev–Trinajstić information content (AvgIpc) is 3.13. The molecule has 0 spiro atoms. The van der Waals surface area contributed by atoms with Crippen LogP contribution in [0, 0.1) is 0 Å². The lowest BCUT2D eigenvalue weighted by molar-refractivity contribution is 0.301. The molecule has 0 amide bonds. The second-order valence-corrected chi connectivity index (χ2v) is 12.5. The zero-order valence-corrected chi connectivity index (χ0v) is 29.2. The van der Waals surface area contributed by atoms with E-state index in [-0.39, 0.29) is 0 Å². The molecular formula is C42H54N4O2. The third-order valence-corrected chi connectivity index (χ3v) is 8.32. The van der Waals surface area contributed by atoms with E-state index in [1.807, 2.05) is 72.8 Å². The van der Waals surface area contributed by atoms with Crippen molar-refractivity contribution in [1.29, 1.82) is 0 Å². The van der Waals surface area contributed by atoms with Crippen molar-refractivity contribution in [2.75, 3.05) is 13.2 Å². The lowest BCUT2D eigenvalue weighted by Crippen LogP contribution is -1.97. The maximum absolute atomic E-state index is 5.93. The van der Waals surface area contributed by atoms with Crippen LogP contribution in [0.5, 0.6) is 11.5 Å². The van der Waals surface area contributed by atoms with Gasteiger partial charge in [0, 0.05) is 0 Å². The van der Waals surface area contributed by atoms with Gasteiger partial charge in [0.05, 0.1) is 36.0 Å². The Labute approximate surface area is 288 Å². The van der Waals surface area contributed by atoms with E-state index in [0.717, 1.165) is 73.1 Å². The number of nitrogens with zero attached hydrogens (tertiary/aromatic N) is 4. The number of rotatable bonds is 23. The summed E-state index contributed by atoms with van der Waals surface area (Å²) in [6.45, 7) is 5.93. The molecule has 0 aliphatic heterocycles. The molecule has 6 heteroatoms. The maximum atomic E-state index is 5.93. The fourth-order valence-electron chi connectivity index (χ4n) is 5.31. The van der Waals surface area contributed by atoms with Crippen molar-refractivity contribution < 1.29 is 9.47 Å². The van der Waals surface area contributed by atoms with E-state index in [9.17, 15) is 0 Å². The number of benzene rings is 4. The van der Waals surface area contributed by atoms with Gasteiger partial charge in [-0.05, 0) is 122 Å². The Kier molecular flexibility index (Phi) is 17.0. The van der Waals surface area contributed by atoms with Gasteiger partial charge in [-0.1, -0.05) is 89.5 Å². The Balaban J connectivity index is 0.972. The van der Waals surface area contributed by atoms with Crippen LogP contribution in [0.2, 0.25) is 0 Å². The topological polar surface area (TPSA) is 67.9 Å². The molecule has 0 aliphatic rings. The number of hydrogen-bond donors (Lipinski definition) is 0. The van der Waals surface area contributed by atoms with E-state index in [4.69, 9.17) is 9.47 Å². The standard InChI is InChI=1S/C42H54N4O2/c1-3-5-15-35-17-21-37(22-18-35)43-45-39-25-29-41(30-26-39)47-33-13-11-9-7-8-10-12-14-34-48-42-31-27-40(28-32-42)46-44-38-23-19-36(20-24-38)16-6-4-2/h17-32H,3-16,33-34H2,1-2H3. The molecular weight excluding hydrogens is 592 g/mol. The zero-order chi connectivity index (χ0) is 33.5. The fraction of sp³-hybridized carbons (Fsp3) is 0.429. The van der Waals surface area contributed by atoms with E-state index in [0.29, 0.717) is 0 Å². The summed E-state index contributed by atoms with van der Waals surface area (Å²) >= 11 is 0. The highest BCUT2D eigenvalue weighted by atomic mass is 16.5. The number of ether oxygens (including phenoxy) is 2. The summed E-state index contributed by atoms with van der Waals surface area (Å²) in [6.07, 6.45) is 16.7. The molecule has 4 rings (SSSR count). The average molecular weight is 647 g/mol. The van der Waals surface area contributed by atoms with Crippen molar-refractivity contribution in [2.24, 2.45) is 20.5 Å². The zero-order valence-electron chi connectivity index (χ0n) is 29.2. The van der Waals surface area contributed by atoms with Crippen LogP contribution in [0.1, 0.15) is 102 Å². The summed E-state index contributed by atoms with van der Waals surface area (Å²) in [7, 11) is 0. The van der Waals surface area contributed by atoms with Crippen molar-refractivity contribution >= 4 is 22.7 Å². The molecule has 48 heavy (non-hydrogen) atoms. The van der Waals surface area contributed by atoms with E-state index in [1.165, 1.54) is 75.3 Å². The van der Waals surface area contributed by atoms with Crippen LogP contribution in [-0.4, -0.2) is 13.2 Å². The predicted octanol–water partition coefficient (Wildman–Crippen LogP) is 13.8. The van der Waals surface area contributed by atoms with Crippen LogP contribution in [0.3, 0.4) is 0 Å². The highest BCUT2D eigenvalue weighted by Crippen LogP contribution is 2.24. The van der Waals surface area contributed by atoms with Gasteiger partial charge in [0.1, 0.15) is 11.5 Å². The van der Waals surface area contributed by atoms with Crippen LogP contribution in [0.15, 0.2) is 118 Å². The van der Waals surface area contributed by atoms with Crippen molar-refractivity contribution in [3.05, 3.63) is 108 Å². The van der Waals surface area contributed by atoms with Gasteiger partial charge in [0.15, 0.2) is 0 Å². The van der Waals surface area contributed by atoms with Crippen LogP contribution in [-0.2, 0) is 12.8 Å². The summed E-state index contributed by atoms with van der Waals surface area (Å²) in [5.41, 5.74) is 6.12. The number of azo groups is 2. The van der Waals surface area contributed by atoms with Gasteiger partial charge in [-0.3, -0.25) is 0 Å². The molecule has 0 atom stereocenters. The molecule has 0 saturated heterocycles. The normalized spacial score (nSPS) is 11.5. The first-order chi connectivity index (χ1) is 23.7. The third kappa shape index (κ3) is 14.6. The molecule has 0 fully saturated rings. The van der Waals surface area contributed by atoms with E-state index in [2.05, 4.69) is 58.6 Å². The van der Waals surface area contributed by atoms with E-state index < -0.39 is 0 Å². The summed E-state index contributed by atoms with van der Waals surface area (Å²) in [4.78, 5) is 0. The first-order valence-electron chi connectivity index (χ1n) is 18.2. The Bertz CT molecular complexity index is 1350. The lowest BCUT2D eigenvalue weighted by atomic mass is 10.1. The predicted molar refractivity (Wildman–Crippen MR) is 199 cm³/mol. The Morgan fingerprint density at radius 3 is 0.958 bits per heavy atom. The van der Waals surface area contributed by atoms with Crippen molar-refractivity contribution in [3.8, 4) is 11.5 Å². The second kappa shape index (κ2) is 22.3. The molecule has 0 bridgehead atoms. The minimum absolute atomic E-state index is 0.749. The van der Waals surface area contributed by atoms with E-state index >= 15 is 0 Å². The van der Waals surface area contributed by atoms with Crippen molar-refractivity contribution in [3.63, 3.8) is 0 Å². The van der Waals surface area contributed by atoms with Crippen LogP contribution < -0.4 is 9.47 Å². The summed E-state index contributed by atoms with van der Waals surface area (Å²) in [5.74, 6) is 1.77. The molecule has 0 aromatic heterocycles. The van der Waals surface area contributed by atoms with Gasteiger partial charge in [-0.15, -0.1) is 0 Å². The molecule has 254 valence electrons. The monoisotopic (exact) mass is 646 g/mol. The molecule has 4 aromatic carbocycles. The van der Waals surface area contributed by atoms with Crippen LogP contribution >= 0.6 is 0 Å². The van der Waals surface area contributed by atoms with Gasteiger partial charge in [-0.25, -0.2) is 0 Å². The fourth-order valence-corrected chi connectivity index (χ4v) is 5.31. The molecule has 0 radical (unpaired) electrons. The molecule has 0 aliphatic carbocycles. The quantitative estimate of drug-likeness (QED) is 0.0594. The molecule has 0 saturated carbocycles. The third-order valence-electron chi connectivity index (χ3n) is 8.32. The van der Waals surface area contributed by atoms with Crippen molar-refractivity contribution in [1.82, 2.24) is 0 Å². The summed E-state index contributed by atoms with van der Waals surface area (Å²) in [6, 6.07) is 32.4. The minimum Gasteiger partial charge on any atom is -0.494 e. The van der Waals surface area contributed by atoms with Gasteiger partial charge in [0.2, 0.25) is 0 Å². The first-order valence-corrected chi connectivity index (χ1v) is 18.2. The van der Waals surface area contributed by atoms with E-state index in [1.54, 1.807) is 0 Å². The largest absolute Gasteiger partial charge is 0.494 e. The van der Waals surface area contributed by atoms with Crippen LogP contribution in [0.25, 0.3) is 0 Å². The van der Waals surface area contributed by atoms with Gasteiger partial charge in [0.25, 0.3) is 0 Å². The highest BCUT2D eigenvalue weighted by molar-refractivity contribution is 5.44. The van der Waals surface area contributed by atoms with Gasteiger partial charge in [-0.2, -0.15) is 20.5 Å².